The largest absolute Gasteiger partial charge is 0.384 e. The van der Waals surface area contributed by atoms with Crippen LogP contribution >= 0.6 is 11.8 Å². The van der Waals surface area contributed by atoms with Crippen molar-refractivity contribution in [3.63, 3.8) is 0 Å². The van der Waals surface area contributed by atoms with Gasteiger partial charge in [-0.15, -0.1) is 0 Å². The van der Waals surface area contributed by atoms with Gasteiger partial charge in [0.2, 0.25) is 0 Å². The summed E-state index contributed by atoms with van der Waals surface area (Å²) in [4.78, 5) is 0. The maximum absolute atomic E-state index is 12.1. The molecule has 12 heavy (non-hydrogen) atoms. The lowest BCUT2D eigenvalue weighted by Crippen LogP contribution is -2.24. The average molecular weight is 202 g/mol. The molecule has 0 bridgehead atoms. The van der Waals surface area contributed by atoms with Gasteiger partial charge in [-0.25, -0.2) is 4.39 Å². The van der Waals surface area contributed by atoms with Crippen molar-refractivity contribution < 1.29 is 17.9 Å². The van der Waals surface area contributed by atoms with Gasteiger partial charge >= 0.3 is 6.11 Å². The lowest BCUT2D eigenvalue weighted by molar-refractivity contribution is -0.242. The van der Waals surface area contributed by atoms with Gasteiger partial charge in [0.1, 0.15) is 0 Å². The molecule has 0 radical (unpaired) electrons. The molecule has 0 spiro atoms. The Kier molecular flexibility index (Phi) is 5.74. The Morgan fingerprint density at radius 1 is 1.42 bits per heavy atom. The van der Waals surface area contributed by atoms with E-state index in [0.29, 0.717) is 11.0 Å². The van der Waals surface area contributed by atoms with E-state index in [1.807, 2.05) is 13.8 Å². The van der Waals surface area contributed by atoms with Gasteiger partial charge in [0.25, 0.3) is 0 Å². The van der Waals surface area contributed by atoms with Crippen LogP contribution in [-0.2, 0) is 4.74 Å². The third-order valence-corrected chi connectivity index (χ3v) is 2.07. The van der Waals surface area contributed by atoms with Crippen molar-refractivity contribution in [1.82, 2.24) is 0 Å². The van der Waals surface area contributed by atoms with Gasteiger partial charge in [-0.2, -0.15) is 20.5 Å². The molecule has 0 aliphatic carbocycles. The third kappa shape index (κ3) is 6.79. The monoisotopic (exact) mass is 202 g/mol. The predicted molar refractivity (Wildman–Crippen MR) is 44.5 cm³/mol. The summed E-state index contributed by atoms with van der Waals surface area (Å²) < 4.78 is 39.6. The zero-order valence-electron chi connectivity index (χ0n) is 7.15. The first-order chi connectivity index (χ1) is 5.48. The second kappa shape index (κ2) is 5.70. The van der Waals surface area contributed by atoms with Crippen molar-refractivity contribution in [2.75, 3.05) is 19.0 Å². The lowest BCUT2D eigenvalue weighted by Gasteiger charge is -2.12. The molecule has 0 N–H and O–H groups in total. The number of alkyl halides is 3. The maximum Gasteiger partial charge on any atom is 0.384 e. The first-order valence-corrected chi connectivity index (χ1v) is 4.72. The van der Waals surface area contributed by atoms with Crippen LogP contribution in [0.3, 0.4) is 0 Å². The first-order valence-electron chi connectivity index (χ1n) is 3.67. The van der Waals surface area contributed by atoms with E-state index in [0.717, 1.165) is 0 Å². The van der Waals surface area contributed by atoms with E-state index in [2.05, 4.69) is 4.74 Å². The van der Waals surface area contributed by atoms with Gasteiger partial charge in [-0.3, -0.25) is 0 Å². The zero-order valence-corrected chi connectivity index (χ0v) is 7.97. The number of hydrogen-bond donors (Lipinski definition) is 0. The normalized spacial score (nSPS) is 12.5. The lowest BCUT2D eigenvalue weighted by atomic mass is 10.6. The van der Waals surface area contributed by atoms with E-state index in [9.17, 15) is 13.2 Å². The van der Waals surface area contributed by atoms with E-state index in [4.69, 9.17) is 0 Å². The van der Waals surface area contributed by atoms with Crippen molar-refractivity contribution in [3.05, 3.63) is 0 Å². The highest BCUT2D eigenvalue weighted by Crippen LogP contribution is 2.17. The fraction of sp³-hybridized carbons (Fsp3) is 1.00. The van der Waals surface area contributed by atoms with Crippen LogP contribution < -0.4 is 0 Å². The van der Waals surface area contributed by atoms with E-state index in [1.54, 1.807) is 0 Å². The van der Waals surface area contributed by atoms with E-state index in [1.165, 1.54) is 11.8 Å². The molecule has 0 aromatic carbocycles. The molecule has 0 unspecified atom stereocenters. The van der Waals surface area contributed by atoms with Crippen molar-refractivity contribution in [3.8, 4) is 0 Å². The highest BCUT2D eigenvalue weighted by molar-refractivity contribution is 7.99. The molecule has 0 aliphatic heterocycles. The van der Waals surface area contributed by atoms with E-state index in [-0.39, 0.29) is 6.61 Å². The molecular weight excluding hydrogens is 189 g/mol. The van der Waals surface area contributed by atoms with E-state index >= 15 is 0 Å². The summed E-state index contributed by atoms with van der Waals surface area (Å²) in [6.45, 7) is 2.05. The molecule has 0 aromatic heterocycles. The molecule has 5 heteroatoms. The summed E-state index contributed by atoms with van der Waals surface area (Å²) in [6.07, 6.45) is -3.60. The summed E-state index contributed by atoms with van der Waals surface area (Å²) in [5.41, 5.74) is 0. The average Bonchev–Trinajstić information content (AvgIpc) is 1.98. The second-order valence-corrected chi connectivity index (χ2v) is 4.22. The van der Waals surface area contributed by atoms with Gasteiger partial charge in [0.15, 0.2) is 6.67 Å². The van der Waals surface area contributed by atoms with Crippen LogP contribution in [-0.4, -0.2) is 30.4 Å². The van der Waals surface area contributed by atoms with Gasteiger partial charge < -0.3 is 4.74 Å². The molecule has 74 valence electrons. The van der Waals surface area contributed by atoms with Crippen molar-refractivity contribution in [1.29, 1.82) is 0 Å². The minimum atomic E-state index is -3.60. The third-order valence-electron chi connectivity index (χ3n) is 1.00. The molecule has 1 nitrogen and oxygen atoms in total. The number of ether oxygens (including phenoxy) is 1. The first kappa shape index (κ1) is 12.1. The van der Waals surface area contributed by atoms with Crippen LogP contribution in [0.1, 0.15) is 13.8 Å². The summed E-state index contributed by atoms with van der Waals surface area (Å²) >= 11 is 1.50. The van der Waals surface area contributed by atoms with Crippen molar-refractivity contribution in [2.45, 2.75) is 25.2 Å². The Morgan fingerprint density at radius 2 is 2.00 bits per heavy atom. The Morgan fingerprint density at radius 3 is 2.42 bits per heavy atom. The summed E-state index contributed by atoms with van der Waals surface area (Å²) in [5.74, 6) is 0.466. The topological polar surface area (TPSA) is 9.23 Å². The molecule has 0 heterocycles. The second-order valence-electron chi connectivity index (χ2n) is 2.54. The van der Waals surface area contributed by atoms with E-state index < -0.39 is 12.8 Å². The minimum Gasteiger partial charge on any atom is -0.318 e. The smallest absolute Gasteiger partial charge is 0.318 e. The van der Waals surface area contributed by atoms with Crippen LogP contribution in [0, 0.1) is 0 Å². The Hall–Kier alpha value is 0.100. The van der Waals surface area contributed by atoms with Crippen LogP contribution in [0.5, 0.6) is 0 Å². The molecule has 0 saturated heterocycles. The van der Waals surface area contributed by atoms with Gasteiger partial charge in [-0.05, 0) is 5.25 Å². The fourth-order valence-corrected chi connectivity index (χ4v) is 1.16. The number of halogens is 3. The van der Waals surface area contributed by atoms with Crippen LogP contribution in [0.2, 0.25) is 0 Å². The number of rotatable bonds is 6. The SMILES string of the molecule is CC(C)SCCOC(F)(F)CF. The molecule has 0 rings (SSSR count). The molecule has 0 atom stereocenters. The standard InChI is InChI=1S/C7H13F3OS/c1-6(2)12-4-3-11-7(9,10)5-8/h6H,3-5H2,1-2H3. The molecule has 0 aromatic rings. The molecular formula is C7H13F3OS. The Labute approximate surface area is 74.7 Å². The Balaban J connectivity index is 3.31. The van der Waals surface area contributed by atoms with Crippen molar-refractivity contribution in [2.24, 2.45) is 0 Å². The van der Waals surface area contributed by atoms with Crippen LogP contribution in [0.15, 0.2) is 0 Å². The highest BCUT2D eigenvalue weighted by atomic mass is 32.2. The fourth-order valence-electron chi connectivity index (χ4n) is 0.513. The summed E-state index contributed by atoms with van der Waals surface area (Å²) in [7, 11) is 0. The number of hydrogen-bond acceptors (Lipinski definition) is 2. The van der Waals surface area contributed by atoms with Gasteiger partial charge in [0.05, 0.1) is 6.61 Å². The molecule has 0 fully saturated rings. The molecule has 0 aliphatic rings. The zero-order chi connectivity index (χ0) is 9.61. The van der Waals surface area contributed by atoms with Gasteiger partial charge in [0, 0.05) is 5.75 Å². The molecule has 0 saturated carbocycles. The van der Waals surface area contributed by atoms with Crippen LogP contribution in [0.25, 0.3) is 0 Å². The molecule has 0 amide bonds. The highest BCUT2D eigenvalue weighted by Gasteiger charge is 2.29. The minimum absolute atomic E-state index is 0.111. The predicted octanol–water partition coefficient (Wildman–Crippen LogP) is 2.71. The quantitative estimate of drug-likeness (QED) is 0.612. The number of thioether (sulfide) groups is 1. The summed E-state index contributed by atoms with van der Waals surface area (Å²) in [5, 5.41) is 0.382. The van der Waals surface area contributed by atoms with Crippen LogP contribution in [0.4, 0.5) is 13.2 Å². The summed E-state index contributed by atoms with van der Waals surface area (Å²) in [6, 6.07) is 0. The van der Waals surface area contributed by atoms with Crippen molar-refractivity contribution >= 4 is 11.8 Å². The van der Waals surface area contributed by atoms with Gasteiger partial charge in [-0.1, -0.05) is 13.8 Å². The Bertz CT molecular complexity index is 119. The maximum atomic E-state index is 12.1.